The van der Waals surface area contributed by atoms with Crippen LogP contribution in [-0.2, 0) is 0 Å². The third-order valence-corrected chi connectivity index (χ3v) is 2.33. The van der Waals surface area contributed by atoms with Crippen molar-refractivity contribution in [1.82, 2.24) is 5.32 Å². The van der Waals surface area contributed by atoms with Gasteiger partial charge in [-0.2, -0.15) is 0 Å². The summed E-state index contributed by atoms with van der Waals surface area (Å²) < 4.78 is 0. The molecule has 0 aromatic heterocycles. The van der Waals surface area contributed by atoms with Crippen molar-refractivity contribution in [3.05, 3.63) is 12.7 Å². The van der Waals surface area contributed by atoms with Gasteiger partial charge >= 0.3 is 0 Å². The van der Waals surface area contributed by atoms with E-state index in [1.165, 1.54) is 0 Å². The highest BCUT2D eigenvalue weighted by atomic mass is 28.3. The van der Waals surface area contributed by atoms with Crippen molar-refractivity contribution in [3.8, 4) is 11.5 Å². The summed E-state index contributed by atoms with van der Waals surface area (Å²) in [5.41, 5.74) is 3.35. The van der Waals surface area contributed by atoms with E-state index in [1.807, 2.05) is 6.08 Å². The molecule has 0 amide bonds. The molecule has 0 atom stereocenters. The molecule has 0 bridgehead atoms. The van der Waals surface area contributed by atoms with Gasteiger partial charge < -0.3 is 5.32 Å². The van der Waals surface area contributed by atoms with Crippen LogP contribution in [0.2, 0.25) is 19.6 Å². The average molecular weight is 195 g/mol. The van der Waals surface area contributed by atoms with Crippen LogP contribution in [0.3, 0.4) is 0 Å². The lowest BCUT2D eigenvalue weighted by atomic mass is 10.3. The zero-order valence-electron chi connectivity index (χ0n) is 9.11. The zero-order chi connectivity index (χ0) is 10.2. The first-order valence-electron chi connectivity index (χ1n) is 4.88. The Balaban J connectivity index is 3.33. The van der Waals surface area contributed by atoms with Gasteiger partial charge in [-0.3, -0.25) is 0 Å². The van der Waals surface area contributed by atoms with Crippen LogP contribution in [0, 0.1) is 11.5 Å². The Morgan fingerprint density at radius 3 is 2.62 bits per heavy atom. The molecule has 74 valence electrons. The Morgan fingerprint density at radius 1 is 1.38 bits per heavy atom. The van der Waals surface area contributed by atoms with Gasteiger partial charge in [-0.1, -0.05) is 25.7 Å². The van der Waals surface area contributed by atoms with Crippen molar-refractivity contribution in [3.63, 3.8) is 0 Å². The molecular formula is C11H21NSi. The van der Waals surface area contributed by atoms with E-state index < -0.39 is 8.07 Å². The summed E-state index contributed by atoms with van der Waals surface area (Å²) in [5, 5.41) is 3.26. The number of hydrogen-bond acceptors (Lipinski definition) is 1. The fourth-order valence-electron chi connectivity index (χ4n) is 0.834. The van der Waals surface area contributed by atoms with E-state index in [4.69, 9.17) is 0 Å². The molecule has 0 fully saturated rings. The molecule has 0 aromatic rings. The first kappa shape index (κ1) is 12.5. The smallest absolute Gasteiger partial charge is 0.129 e. The van der Waals surface area contributed by atoms with Crippen molar-refractivity contribution < 1.29 is 0 Å². The molecule has 0 aromatic carbocycles. The lowest BCUT2D eigenvalue weighted by Gasteiger charge is -2.03. The molecule has 0 rings (SSSR count). The molecule has 13 heavy (non-hydrogen) atoms. The van der Waals surface area contributed by atoms with Crippen LogP contribution in [0.25, 0.3) is 0 Å². The maximum atomic E-state index is 3.64. The van der Waals surface area contributed by atoms with Gasteiger partial charge in [-0.25, -0.2) is 0 Å². The average Bonchev–Trinajstić information content (AvgIpc) is 2.01. The summed E-state index contributed by atoms with van der Waals surface area (Å²) in [4.78, 5) is 0. The van der Waals surface area contributed by atoms with E-state index in [0.29, 0.717) is 0 Å². The Morgan fingerprint density at radius 2 is 2.08 bits per heavy atom. The Kier molecular flexibility index (Phi) is 6.66. The number of nitrogens with one attached hydrogen (secondary N) is 1. The van der Waals surface area contributed by atoms with Gasteiger partial charge in [0.15, 0.2) is 0 Å². The second-order valence-electron chi connectivity index (χ2n) is 4.15. The standard InChI is InChI=1S/C11H21NSi/c1-5-9-12-10-7-6-8-11-13(2,3)4/h5,12H,1,6-7,9-10H2,2-4H3. The molecule has 0 radical (unpaired) electrons. The van der Waals surface area contributed by atoms with Crippen LogP contribution >= 0.6 is 0 Å². The molecule has 0 saturated carbocycles. The second kappa shape index (κ2) is 6.94. The normalized spacial score (nSPS) is 10.4. The predicted octanol–water partition coefficient (Wildman–Crippen LogP) is 2.42. The van der Waals surface area contributed by atoms with Crippen molar-refractivity contribution in [2.24, 2.45) is 0 Å². The molecule has 2 heteroatoms. The van der Waals surface area contributed by atoms with Gasteiger partial charge in [0, 0.05) is 13.0 Å². The minimum atomic E-state index is -1.13. The molecule has 1 nitrogen and oxygen atoms in total. The van der Waals surface area contributed by atoms with Gasteiger partial charge in [0.1, 0.15) is 8.07 Å². The van der Waals surface area contributed by atoms with E-state index in [0.717, 1.165) is 25.9 Å². The number of hydrogen-bond donors (Lipinski definition) is 1. The Labute approximate surface area is 83.6 Å². The largest absolute Gasteiger partial charge is 0.313 e. The molecular weight excluding hydrogens is 174 g/mol. The first-order valence-corrected chi connectivity index (χ1v) is 8.38. The fourth-order valence-corrected chi connectivity index (χ4v) is 1.49. The fraction of sp³-hybridized carbons (Fsp3) is 0.636. The molecule has 0 heterocycles. The van der Waals surface area contributed by atoms with Gasteiger partial charge in [0.05, 0.1) is 0 Å². The van der Waals surface area contributed by atoms with Crippen LogP contribution in [0.5, 0.6) is 0 Å². The van der Waals surface area contributed by atoms with Crippen molar-refractivity contribution in [2.75, 3.05) is 13.1 Å². The summed E-state index contributed by atoms with van der Waals surface area (Å²) in [6.45, 7) is 12.4. The summed E-state index contributed by atoms with van der Waals surface area (Å²) in [7, 11) is -1.13. The summed E-state index contributed by atoms with van der Waals surface area (Å²) in [6, 6.07) is 0. The SMILES string of the molecule is C=CCNCCCC#C[Si](C)(C)C. The highest BCUT2D eigenvalue weighted by Crippen LogP contribution is 1.97. The molecule has 0 aliphatic rings. The van der Waals surface area contributed by atoms with E-state index >= 15 is 0 Å². The zero-order valence-corrected chi connectivity index (χ0v) is 10.1. The van der Waals surface area contributed by atoms with E-state index in [1.54, 1.807) is 0 Å². The van der Waals surface area contributed by atoms with E-state index in [9.17, 15) is 0 Å². The topological polar surface area (TPSA) is 12.0 Å². The van der Waals surface area contributed by atoms with Crippen molar-refractivity contribution >= 4 is 8.07 Å². The lowest BCUT2D eigenvalue weighted by molar-refractivity contribution is 0.706. The summed E-state index contributed by atoms with van der Waals surface area (Å²) in [5.74, 6) is 3.25. The molecule has 0 unspecified atom stereocenters. The highest BCUT2D eigenvalue weighted by Gasteiger charge is 2.06. The quantitative estimate of drug-likeness (QED) is 0.307. The monoisotopic (exact) mass is 195 g/mol. The second-order valence-corrected chi connectivity index (χ2v) is 8.90. The predicted molar refractivity (Wildman–Crippen MR) is 63.4 cm³/mol. The van der Waals surface area contributed by atoms with Crippen LogP contribution < -0.4 is 5.32 Å². The third-order valence-electron chi connectivity index (χ3n) is 1.41. The van der Waals surface area contributed by atoms with Crippen molar-refractivity contribution in [2.45, 2.75) is 32.5 Å². The molecule has 0 aliphatic heterocycles. The minimum Gasteiger partial charge on any atom is -0.313 e. The van der Waals surface area contributed by atoms with Gasteiger partial charge in [0.2, 0.25) is 0 Å². The van der Waals surface area contributed by atoms with Gasteiger partial charge in [-0.05, 0) is 13.0 Å². The molecule has 0 spiro atoms. The van der Waals surface area contributed by atoms with Crippen LogP contribution in [0.4, 0.5) is 0 Å². The van der Waals surface area contributed by atoms with Crippen LogP contribution in [0.1, 0.15) is 12.8 Å². The Hall–Kier alpha value is -0.523. The number of unbranched alkanes of at least 4 members (excludes halogenated alkanes) is 1. The Bertz CT molecular complexity index is 192. The maximum Gasteiger partial charge on any atom is 0.129 e. The number of rotatable bonds is 5. The highest BCUT2D eigenvalue weighted by molar-refractivity contribution is 6.83. The van der Waals surface area contributed by atoms with Crippen molar-refractivity contribution in [1.29, 1.82) is 0 Å². The van der Waals surface area contributed by atoms with Gasteiger partial charge in [-0.15, -0.1) is 18.0 Å². The minimum absolute atomic E-state index is 0.904. The van der Waals surface area contributed by atoms with E-state index in [2.05, 4.69) is 43.0 Å². The first-order chi connectivity index (χ1) is 6.06. The van der Waals surface area contributed by atoms with Crippen LogP contribution in [0.15, 0.2) is 12.7 Å². The lowest BCUT2D eigenvalue weighted by Crippen LogP contribution is -2.16. The van der Waals surface area contributed by atoms with Crippen LogP contribution in [-0.4, -0.2) is 21.2 Å². The van der Waals surface area contributed by atoms with Gasteiger partial charge in [0.25, 0.3) is 0 Å². The van der Waals surface area contributed by atoms with E-state index in [-0.39, 0.29) is 0 Å². The molecule has 0 aliphatic carbocycles. The third kappa shape index (κ3) is 11.5. The maximum absolute atomic E-state index is 3.64. The summed E-state index contributed by atoms with van der Waals surface area (Å²) in [6.07, 6.45) is 4.05. The molecule has 1 N–H and O–H groups in total. The molecule has 0 saturated heterocycles. The summed E-state index contributed by atoms with van der Waals surface area (Å²) >= 11 is 0.